The molecule has 0 heterocycles. The molecule has 1 nitrogen and oxygen atoms in total. The Morgan fingerprint density at radius 1 is 1.32 bits per heavy atom. The van der Waals surface area contributed by atoms with Crippen molar-refractivity contribution >= 4 is 0 Å². The summed E-state index contributed by atoms with van der Waals surface area (Å²) >= 11 is 0. The van der Waals surface area contributed by atoms with Gasteiger partial charge in [0.15, 0.2) is 0 Å². The summed E-state index contributed by atoms with van der Waals surface area (Å²) in [6.45, 7) is 13.2. The fourth-order valence-corrected chi connectivity index (χ4v) is 3.93. The van der Waals surface area contributed by atoms with Gasteiger partial charge in [-0.25, -0.2) is 0 Å². The van der Waals surface area contributed by atoms with Crippen LogP contribution in [0, 0.1) is 19.8 Å². The number of rotatable bonds is 4. The summed E-state index contributed by atoms with van der Waals surface area (Å²) in [4.78, 5) is 0. The second-order valence-corrected chi connectivity index (χ2v) is 7.59. The van der Waals surface area contributed by atoms with Gasteiger partial charge in [-0.15, -0.1) is 0 Å². The summed E-state index contributed by atoms with van der Waals surface area (Å²) < 4.78 is 0. The molecule has 0 spiro atoms. The van der Waals surface area contributed by atoms with E-state index in [1.54, 1.807) is 0 Å². The van der Waals surface area contributed by atoms with E-state index >= 15 is 0 Å². The maximum Gasteiger partial charge on any atom is 0.122 e. The minimum absolute atomic E-state index is 0.482. The van der Waals surface area contributed by atoms with E-state index in [1.165, 1.54) is 47.9 Å². The molecule has 2 rings (SSSR count). The van der Waals surface area contributed by atoms with Crippen molar-refractivity contribution in [2.75, 3.05) is 0 Å². The number of benzene rings is 1. The minimum Gasteiger partial charge on any atom is -0.507 e. The molecule has 1 N–H and O–H groups in total. The molecule has 0 aliphatic heterocycles. The first kappa shape index (κ1) is 17.1. The predicted octanol–water partition coefficient (Wildman–Crippen LogP) is 6.37. The summed E-state index contributed by atoms with van der Waals surface area (Å²) in [6, 6.07) is 2.35. The van der Waals surface area contributed by atoms with Crippen LogP contribution in [0.1, 0.15) is 87.5 Å². The molecule has 1 unspecified atom stereocenters. The first-order chi connectivity index (χ1) is 10.3. The summed E-state index contributed by atoms with van der Waals surface area (Å²) in [5.74, 6) is 2.31. The van der Waals surface area contributed by atoms with Crippen LogP contribution in [-0.4, -0.2) is 5.11 Å². The maximum absolute atomic E-state index is 10.6. The van der Waals surface area contributed by atoms with Crippen LogP contribution < -0.4 is 0 Å². The van der Waals surface area contributed by atoms with Crippen LogP contribution in [-0.2, 0) is 0 Å². The Hall–Kier alpha value is -1.24. The molecule has 0 bridgehead atoms. The zero-order valence-electron chi connectivity index (χ0n) is 15.2. The number of phenols is 1. The van der Waals surface area contributed by atoms with Crippen LogP contribution in [0.5, 0.6) is 5.75 Å². The van der Waals surface area contributed by atoms with Crippen LogP contribution in [0.4, 0.5) is 0 Å². The predicted molar refractivity (Wildman–Crippen MR) is 95.8 cm³/mol. The van der Waals surface area contributed by atoms with E-state index in [0.717, 1.165) is 5.56 Å². The third kappa shape index (κ3) is 3.39. The Balaban J connectivity index is 2.30. The van der Waals surface area contributed by atoms with Gasteiger partial charge in [0.25, 0.3) is 0 Å². The Morgan fingerprint density at radius 2 is 2.00 bits per heavy atom. The van der Waals surface area contributed by atoms with Gasteiger partial charge in [0, 0.05) is 5.56 Å². The van der Waals surface area contributed by atoms with Gasteiger partial charge in [-0.2, -0.15) is 0 Å². The van der Waals surface area contributed by atoms with E-state index in [1.807, 2.05) is 6.92 Å². The lowest BCUT2D eigenvalue weighted by Crippen LogP contribution is -2.19. The smallest absolute Gasteiger partial charge is 0.122 e. The minimum atomic E-state index is 0.482. The molecule has 0 aromatic heterocycles. The van der Waals surface area contributed by atoms with Crippen molar-refractivity contribution in [3.8, 4) is 5.75 Å². The average molecular weight is 300 g/mol. The number of aromatic hydroxyl groups is 1. The molecule has 0 saturated heterocycles. The highest BCUT2D eigenvalue weighted by molar-refractivity contribution is 5.53. The first-order valence-corrected chi connectivity index (χ1v) is 8.79. The molecular weight excluding hydrogens is 268 g/mol. The van der Waals surface area contributed by atoms with Gasteiger partial charge in [-0.05, 0) is 87.8 Å². The first-order valence-electron chi connectivity index (χ1n) is 8.79. The summed E-state index contributed by atoms with van der Waals surface area (Å²) in [5.41, 5.74) is 6.35. The van der Waals surface area contributed by atoms with Crippen molar-refractivity contribution in [3.05, 3.63) is 40.0 Å². The molecule has 1 aromatic carbocycles. The summed E-state index contributed by atoms with van der Waals surface area (Å²) in [7, 11) is 0. The molecule has 1 aliphatic carbocycles. The van der Waals surface area contributed by atoms with E-state index in [0.29, 0.717) is 23.5 Å². The van der Waals surface area contributed by atoms with Crippen LogP contribution >= 0.6 is 0 Å². The number of hydrogen-bond acceptors (Lipinski definition) is 1. The molecule has 0 amide bonds. The van der Waals surface area contributed by atoms with Crippen LogP contribution in [0.2, 0.25) is 0 Å². The van der Waals surface area contributed by atoms with Gasteiger partial charge in [0.05, 0.1) is 0 Å². The van der Waals surface area contributed by atoms with Gasteiger partial charge in [-0.3, -0.25) is 0 Å². The van der Waals surface area contributed by atoms with Gasteiger partial charge in [0.2, 0.25) is 0 Å². The van der Waals surface area contributed by atoms with Gasteiger partial charge >= 0.3 is 0 Å². The molecule has 0 radical (unpaired) electrons. The molecule has 22 heavy (non-hydrogen) atoms. The van der Waals surface area contributed by atoms with Crippen LogP contribution in [0.3, 0.4) is 0 Å². The Bertz CT molecular complexity index is 564. The average Bonchev–Trinajstić information content (AvgIpc) is 2.44. The van der Waals surface area contributed by atoms with Crippen molar-refractivity contribution in [2.24, 2.45) is 5.92 Å². The highest BCUT2D eigenvalue weighted by Crippen LogP contribution is 2.48. The lowest BCUT2D eigenvalue weighted by atomic mass is 9.70. The molecule has 1 aliphatic rings. The lowest BCUT2D eigenvalue weighted by molar-refractivity contribution is 0.360. The number of hydrogen-bond donors (Lipinski definition) is 1. The quantitative estimate of drug-likeness (QED) is 0.640. The van der Waals surface area contributed by atoms with Gasteiger partial charge in [-0.1, -0.05) is 31.6 Å². The second kappa shape index (κ2) is 6.89. The largest absolute Gasteiger partial charge is 0.507 e. The Morgan fingerprint density at radius 3 is 2.64 bits per heavy atom. The van der Waals surface area contributed by atoms with E-state index in [2.05, 4.69) is 46.8 Å². The third-order valence-electron chi connectivity index (χ3n) is 5.55. The SMILES string of the molecule is CC(C)=CCC[C@H](C)C1CC[C@@H](C)c2c1cc(C)c(C)c2O. The molecular formula is C21H32O. The summed E-state index contributed by atoms with van der Waals surface area (Å²) in [5, 5.41) is 10.6. The fourth-order valence-electron chi connectivity index (χ4n) is 3.93. The third-order valence-corrected chi connectivity index (χ3v) is 5.55. The topological polar surface area (TPSA) is 20.2 Å². The molecule has 1 heteroatoms. The number of allylic oxidation sites excluding steroid dienone is 2. The van der Waals surface area contributed by atoms with Crippen LogP contribution in [0.15, 0.2) is 17.7 Å². The van der Waals surface area contributed by atoms with Crippen LogP contribution in [0.25, 0.3) is 0 Å². The summed E-state index contributed by atoms with van der Waals surface area (Å²) in [6.07, 6.45) is 7.20. The molecule has 1 aromatic rings. The van der Waals surface area contributed by atoms with E-state index in [-0.39, 0.29) is 0 Å². The zero-order chi connectivity index (χ0) is 16.4. The Kier molecular flexibility index (Phi) is 5.36. The number of fused-ring (bicyclic) bond motifs is 1. The molecule has 0 fully saturated rings. The molecule has 3 atom stereocenters. The zero-order valence-corrected chi connectivity index (χ0v) is 15.2. The van der Waals surface area contributed by atoms with Crippen molar-refractivity contribution in [1.29, 1.82) is 0 Å². The lowest BCUT2D eigenvalue weighted by Gasteiger charge is -2.35. The highest BCUT2D eigenvalue weighted by Gasteiger charge is 2.31. The molecule has 0 saturated carbocycles. The monoisotopic (exact) mass is 300 g/mol. The van der Waals surface area contributed by atoms with Crippen molar-refractivity contribution < 1.29 is 5.11 Å². The normalized spacial score (nSPS) is 22.1. The van der Waals surface area contributed by atoms with E-state index in [4.69, 9.17) is 0 Å². The van der Waals surface area contributed by atoms with Crippen molar-refractivity contribution in [2.45, 2.75) is 79.1 Å². The number of phenolic OH excluding ortho intramolecular Hbond substituents is 1. The second-order valence-electron chi connectivity index (χ2n) is 7.59. The van der Waals surface area contributed by atoms with E-state index in [9.17, 15) is 5.11 Å². The Labute approximate surface area is 136 Å². The van der Waals surface area contributed by atoms with Gasteiger partial charge in [0.1, 0.15) is 5.75 Å². The highest BCUT2D eigenvalue weighted by atomic mass is 16.3. The fraction of sp³-hybridized carbons (Fsp3) is 0.619. The molecule has 122 valence electrons. The van der Waals surface area contributed by atoms with Crippen molar-refractivity contribution in [3.63, 3.8) is 0 Å². The maximum atomic E-state index is 10.6. The number of aryl methyl sites for hydroxylation is 1. The standard InChI is InChI=1S/C21H32O/c1-13(2)8-7-9-14(3)18-11-10-15(4)20-19(18)12-16(5)17(6)21(20)22/h8,12,14-15,18,22H,7,9-11H2,1-6H3/t14-,15+,18?/m0/s1. The van der Waals surface area contributed by atoms with E-state index < -0.39 is 0 Å². The van der Waals surface area contributed by atoms with Crippen molar-refractivity contribution in [1.82, 2.24) is 0 Å². The van der Waals surface area contributed by atoms with Gasteiger partial charge < -0.3 is 5.11 Å².